The van der Waals surface area contributed by atoms with Crippen LogP contribution in [0, 0.1) is 6.92 Å². The molecule has 0 atom stereocenters. The number of hydrogen-bond donors (Lipinski definition) is 0. The molecule has 0 saturated carbocycles. The van der Waals surface area contributed by atoms with Gasteiger partial charge in [-0.25, -0.2) is 4.79 Å². The van der Waals surface area contributed by atoms with Crippen molar-refractivity contribution in [2.24, 2.45) is 0 Å². The number of ether oxygens (including phenoxy) is 1. The van der Waals surface area contributed by atoms with Crippen molar-refractivity contribution in [3.63, 3.8) is 0 Å². The van der Waals surface area contributed by atoms with Gasteiger partial charge in [0.1, 0.15) is 0 Å². The number of carbonyl (C=O) groups excluding carboxylic acids is 1. The van der Waals surface area contributed by atoms with E-state index < -0.39 is 0 Å². The van der Waals surface area contributed by atoms with Crippen molar-refractivity contribution in [2.45, 2.75) is 13.8 Å². The van der Waals surface area contributed by atoms with Gasteiger partial charge in [0.2, 0.25) is 0 Å². The van der Waals surface area contributed by atoms with Gasteiger partial charge in [-0.3, -0.25) is 0 Å². The lowest BCUT2D eigenvalue weighted by Gasteiger charge is -2.03. The van der Waals surface area contributed by atoms with Crippen LogP contribution in [-0.2, 0) is 4.74 Å². The van der Waals surface area contributed by atoms with Crippen LogP contribution in [0.3, 0.4) is 0 Å². The van der Waals surface area contributed by atoms with Crippen LogP contribution in [-0.4, -0.2) is 16.9 Å². The summed E-state index contributed by atoms with van der Waals surface area (Å²) in [7, 11) is 0. The third-order valence-electron chi connectivity index (χ3n) is 2.36. The van der Waals surface area contributed by atoms with Crippen molar-refractivity contribution in [3.05, 3.63) is 40.8 Å². The molecule has 1 aromatic carbocycles. The zero-order chi connectivity index (χ0) is 12.3. The maximum absolute atomic E-state index is 11.7. The number of esters is 1. The van der Waals surface area contributed by atoms with E-state index in [1.807, 2.05) is 31.2 Å². The predicted molar refractivity (Wildman–Crippen MR) is 68.2 cm³/mol. The monoisotopic (exact) mass is 247 g/mol. The summed E-state index contributed by atoms with van der Waals surface area (Å²) < 4.78 is 9.28. The third kappa shape index (κ3) is 2.53. The zero-order valence-electron chi connectivity index (χ0n) is 9.77. The Morgan fingerprint density at radius 3 is 3.00 bits per heavy atom. The van der Waals surface area contributed by atoms with Crippen molar-refractivity contribution in [2.75, 3.05) is 6.61 Å². The first kappa shape index (κ1) is 11.8. The highest BCUT2D eigenvalue weighted by Gasteiger charge is 2.16. The number of carbonyl (C=O) groups is 1. The molecule has 0 saturated heterocycles. The van der Waals surface area contributed by atoms with Gasteiger partial charge >= 0.3 is 5.97 Å². The summed E-state index contributed by atoms with van der Waals surface area (Å²) in [5, 5.41) is 1.73. The molecule has 0 amide bonds. The maximum atomic E-state index is 11.7. The molecule has 0 aliphatic rings. The lowest BCUT2D eigenvalue weighted by Crippen LogP contribution is -2.04. The molecule has 0 N–H and O–H groups in total. The molecule has 1 aromatic heterocycles. The molecule has 2 rings (SSSR count). The van der Waals surface area contributed by atoms with E-state index >= 15 is 0 Å². The Morgan fingerprint density at radius 1 is 1.47 bits per heavy atom. The number of hydrogen-bond acceptors (Lipinski definition) is 4. The first-order valence-corrected chi connectivity index (χ1v) is 6.24. The molecule has 1 heterocycles. The SMILES string of the molecule is CCOC(=O)c1csnc1-c1cccc(C)c1. The van der Waals surface area contributed by atoms with Gasteiger partial charge < -0.3 is 4.74 Å². The second-order valence-corrected chi connectivity index (χ2v) is 4.30. The molecular formula is C13H13NO2S. The van der Waals surface area contributed by atoms with Crippen molar-refractivity contribution in [1.29, 1.82) is 0 Å². The highest BCUT2D eigenvalue weighted by Crippen LogP contribution is 2.25. The molecule has 0 spiro atoms. The number of aryl methyl sites for hydroxylation is 1. The van der Waals surface area contributed by atoms with E-state index in [2.05, 4.69) is 4.37 Å². The van der Waals surface area contributed by atoms with E-state index in [0.29, 0.717) is 17.9 Å². The summed E-state index contributed by atoms with van der Waals surface area (Å²) in [6, 6.07) is 7.93. The van der Waals surface area contributed by atoms with Crippen LogP contribution in [0.2, 0.25) is 0 Å². The fourth-order valence-corrected chi connectivity index (χ4v) is 2.27. The minimum atomic E-state index is -0.308. The van der Waals surface area contributed by atoms with Crippen LogP contribution in [0.1, 0.15) is 22.8 Å². The number of nitrogens with zero attached hydrogens (tertiary/aromatic N) is 1. The van der Waals surface area contributed by atoms with Crippen LogP contribution in [0.25, 0.3) is 11.3 Å². The van der Waals surface area contributed by atoms with E-state index in [1.165, 1.54) is 11.5 Å². The molecule has 88 valence electrons. The predicted octanol–water partition coefficient (Wildman–Crippen LogP) is 3.30. The Morgan fingerprint density at radius 2 is 2.29 bits per heavy atom. The summed E-state index contributed by atoms with van der Waals surface area (Å²) in [4.78, 5) is 11.7. The Kier molecular flexibility index (Phi) is 3.54. The van der Waals surface area contributed by atoms with Crippen molar-refractivity contribution in [1.82, 2.24) is 4.37 Å². The van der Waals surface area contributed by atoms with E-state index in [1.54, 1.807) is 12.3 Å². The molecular weight excluding hydrogens is 234 g/mol. The fraction of sp³-hybridized carbons (Fsp3) is 0.231. The number of aromatic nitrogens is 1. The smallest absolute Gasteiger partial charge is 0.341 e. The van der Waals surface area contributed by atoms with Crippen LogP contribution in [0.4, 0.5) is 0 Å². The minimum absolute atomic E-state index is 0.308. The highest BCUT2D eigenvalue weighted by atomic mass is 32.1. The quantitative estimate of drug-likeness (QED) is 0.781. The van der Waals surface area contributed by atoms with Gasteiger partial charge in [0.05, 0.1) is 17.9 Å². The van der Waals surface area contributed by atoms with Gasteiger partial charge in [-0.2, -0.15) is 4.37 Å². The number of rotatable bonds is 3. The van der Waals surface area contributed by atoms with E-state index in [9.17, 15) is 4.79 Å². The maximum Gasteiger partial charge on any atom is 0.341 e. The van der Waals surface area contributed by atoms with Gasteiger partial charge in [-0.1, -0.05) is 23.8 Å². The fourth-order valence-electron chi connectivity index (χ4n) is 1.59. The molecule has 0 fully saturated rings. The standard InChI is InChI=1S/C13H13NO2S/c1-3-16-13(15)11-8-17-14-12(11)10-6-4-5-9(2)7-10/h4-8H,3H2,1-2H3. The van der Waals surface area contributed by atoms with E-state index in [-0.39, 0.29) is 5.97 Å². The summed E-state index contributed by atoms with van der Waals surface area (Å²) in [5.41, 5.74) is 3.35. The molecule has 0 unspecified atom stereocenters. The van der Waals surface area contributed by atoms with Gasteiger partial charge in [0, 0.05) is 10.9 Å². The second-order valence-electron chi connectivity index (χ2n) is 3.67. The van der Waals surface area contributed by atoms with Crippen LogP contribution in [0.15, 0.2) is 29.6 Å². The average Bonchev–Trinajstić information content (AvgIpc) is 2.78. The van der Waals surface area contributed by atoms with Crippen LogP contribution in [0.5, 0.6) is 0 Å². The van der Waals surface area contributed by atoms with Gasteiger partial charge in [0.25, 0.3) is 0 Å². The first-order chi connectivity index (χ1) is 8.22. The molecule has 0 radical (unpaired) electrons. The second kappa shape index (κ2) is 5.10. The normalized spacial score (nSPS) is 10.2. The van der Waals surface area contributed by atoms with Crippen molar-refractivity contribution in [3.8, 4) is 11.3 Å². The topological polar surface area (TPSA) is 39.2 Å². The summed E-state index contributed by atoms with van der Waals surface area (Å²) in [5.74, 6) is -0.308. The average molecular weight is 247 g/mol. The lowest BCUT2D eigenvalue weighted by atomic mass is 10.1. The summed E-state index contributed by atoms with van der Waals surface area (Å²) >= 11 is 1.27. The minimum Gasteiger partial charge on any atom is -0.462 e. The Hall–Kier alpha value is -1.68. The molecule has 0 aliphatic carbocycles. The molecule has 3 nitrogen and oxygen atoms in total. The van der Waals surface area contributed by atoms with Crippen molar-refractivity contribution < 1.29 is 9.53 Å². The van der Waals surface area contributed by atoms with Gasteiger partial charge in [0.15, 0.2) is 0 Å². The zero-order valence-corrected chi connectivity index (χ0v) is 10.6. The van der Waals surface area contributed by atoms with Crippen LogP contribution < -0.4 is 0 Å². The van der Waals surface area contributed by atoms with E-state index in [0.717, 1.165) is 11.1 Å². The lowest BCUT2D eigenvalue weighted by molar-refractivity contribution is 0.0527. The molecule has 17 heavy (non-hydrogen) atoms. The van der Waals surface area contributed by atoms with Crippen molar-refractivity contribution >= 4 is 17.5 Å². The summed E-state index contributed by atoms with van der Waals surface area (Å²) in [6.45, 7) is 4.19. The largest absolute Gasteiger partial charge is 0.462 e. The van der Waals surface area contributed by atoms with Crippen LogP contribution >= 0.6 is 11.5 Å². The Labute approximate surface area is 104 Å². The van der Waals surface area contributed by atoms with Gasteiger partial charge in [-0.05, 0) is 31.4 Å². The molecule has 0 aliphatic heterocycles. The Bertz CT molecular complexity index is 534. The van der Waals surface area contributed by atoms with Gasteiger partial charge in [-0.15, -0.1) is 0 Å². The third-order valence-corrected chi connectivity index (χ3v) is 2.99. The number of benzene rings is 1. The van der Waals surface area contributed by atoms with E-state index in [4.69, 9.17) is 4.74 Å². The highest BCUT2D eigenvalue weighted by molar-refractivity contribution is 7.04. The molecule has 0 bridgehead atoms. The molecule has 2 aromatic rings. The molecule has 4 heteroatoms. The first-order valence-electron chi connectivity index (χ1n) is 5.41. The summed E-state index contributed by atoms with van der Waals surface area (Å²) in [6.07, 6.45) is 0. The Balaban J connectivity index is 2.40.